The first kappa shape index (κ1) is 8.46. The molecular formula is C9H9FN2. The van der Waals surface area contributed by atoms with Crippen LogP contribution < -0.4 is 0 Å². The van der Waals surface area contributed by atoms with E-state index in [-0.39, 0.29) is 5.82 Å². The molecule has 1 heterocycles. The van der Waals surface area contributed by atoms with Gasteiger partial charge < -0.3 is 4.98 Å². The Morgan fingerprint density at radius 3 is 2.17 bits per heavy atom. The Balaban J connectivity index is 0.000000127. The quantitative estimate of drug-likeness (QED) is 0.635. The lowest BCUT2D eigenvalue weighted by molar-refractivity contribution is 0.628. The molecule has 0 aliphatic carbocycles. The molecule has 1 N–H and O–H groups in total. The molecule has 0 saturated carbocycles. The summed E-state index contributed by atoms with van der Waals surface area (Å²) >= 11 is 0. The number of aromatic amines is 1. The van der Waals surface area contributed by atoms with Gasteiger partial charge in [-0.25, -0.2) is 9.37 Å². The molecule has 0 bridgehead atoms. The van der Waals surface area contributed by atoms with Crippen LogP contribution in [0, 0.1) is 5.82 Å². The topological polar surface area (TPSA) is 28.7 Å². The fraction of sp³-hybridized carbons (Fsp3) is 0. The van der Waals surface area contributed by atoms with Crippen molar-refractivity contribution >= 4 is 0 Å². The highest BCUT2D eigenvalue weighted by molar-refractivity contribution is 5.02. The highest BCUT2D eigenvalue weighted by Gasteiger charge is 1.77. The number of rotatable bonds is 0. The highest BCUT2D eigenvalue weighted by atomic mass is 19.1. The molecule has 0 spiro atoms. The summed E-state index contributed by atoms with van der Waals surface area (Å²) < 4.78 is 11.9. The van der Waals surface area contributed by atoms with Crippen molar-refractivity contribution in [3.05, 3.63) is 54.9 Å². The van der Waals surface area contributed by atoms with Crippen LogP contribution in [0.1, 0.15) is 0 Å². The minimum atomic E-state index is -0.178. The zero-order valence-corrected chi connectivity index (χ0v) is 6.44. The summed E-state index contributed by atoms with van der Waals surface area (Å²) in [5.74, 6) is -0.178. The molecule has 62 valence electrons. The van der Waals surface area contributed by atoms with Crippen molar-refractivity contribution < 1.29 is 4.39 Å². The van der Waals surface area contributed by atoms with Crippen LogP contribution in [-0.4, -0.2) is 9.97 Å². The number of hydrogen-bond acceptors (Lipinski definition) is 1. The highest BCUT2D eigenvalue weighted by Crippen LogP contribution is 1.91. The molecule has 0 aliphatic heterocycles. The van der Waals surface area contributed by atoms with E-state index in [1.807, 2.05) is 0 Å². The van der Waals surface area contributed by atoms with Gasteiger partial charge in [0.2, 0.25) is 0 Å². The maximum absolute atomic E-state index is 11.9. The summed E-state index contributed by atoms with van der Waals surface area (Å²) in [6.45, 7) is 0. The predicted octanol–water partition coefficient (Wildman–Crippen LogP) is 2.24. The largest absolute Gasteiger partial charge is 0.351 e. The summed E-state index contributed by atoms with van der Waals surface area (Å²) in [5, 5.41) is 0. The molecule has 2 aromatic rings. The second-order valence-electron chi connectivity index (χ2n) is 2.06. The smallest absolute Gasteiger partial charge is 0.123 e. The first-order valence-electron chi connectivity index (χ1n) is 3.53. The van der Waals surface area contributed by atoms with Crippen molar-refractivity contribution in [1.82, 2.24) is 9.97 Å². The lowest BCUT2D eigenvalue weighted by Crippen LogP contribution is -1.63. The van der Waals surface area contributed by atoms with Gasteiger partial charge in [-0.05, 0) is 12.1 Å². The number of H-pyrrole nitrogens is 1. The van der Waals surface area contributed by atoms with Gasteiger partial charge in [0.25, 0.3) is 0 Å². The number of imidazole rings is 1. The Morgan fingerprint density at radius 2 is 1.92 bits per heavy atom. The van der Waals surface area contributed by atoms with Crippen LogP contribution in [0.3, 0.4) is 0 Å². The van der Waals surface area contributed by atoms with Gasteiger partial charge in [0, 0.05) is 12.4 Å². The van der Waals surface area contributed by atoms with E-state index in [1.165, 1.54) is 12.1 Å². The van der Waals surface area contributed by atoms with Crippen LogP contribution in [0.2, 0.25) is 0 Å². The van der Waals surface area contributed by atoms with Crippen LogP contribution in [-0.2, 0) is 0 Å². The lowest BCUT2D eigenvalue weighted by atomic mass is 10.4. The van der Waals surface area contributed by atoms with Gasteiger partial charge in [-0.15, -0.1) is 0 Å². The van der Waals surface area contributed by atoms with E-state index in [2.05, 4.69) is 9.97 Å². The third-order valence-corrected chi connectivity index (χ3v) is 1.14. The van der Waals surface area contributed by atoms with Gasteiger partial charge in [0.05, 0.1) is 6.33 Å². The molecule has 0 unspecified atom stereocenters. The Morgan fingerprint density at radius 1 is 1.17 bits per heavy atom. The summed E-state index contributed by atoms with van der Waals surface area (Å²) in [7, 11) is 0. The number of halogens is 1. The van der Waals surface area contributed by atoms with E-state index in [0.29, 0.717) is 0 Å². The molecule has 2 nitrogen and oxygen atoms in total. The average molecular weight is 164 g/mol. The van der Waals surface area contributed by atoms with Crippen molar-refractivity contribution in [1.29, 1.82) is 0 Å². The van der Waals surface area contributed by atoms with E-state index < -0.39 is 0 Å². The maximum atomic E-state index is 11.9. The standard InChI is InChI=1S/C6H5F.C3H4N2/c7-6-4-2-1-3-5-6;1-2-5-3-4-1/h1-5H;1-3H,(H,4,5). The Hall–Kier alpha value is -1.64. The van der Waals surface area contributed by atoms with E-state index in [0.717, 1.165) is 0 Å². The second kappa shape index (κ2) is 5.07. The Labute approximate surface area is 70.1 Å². The predicted molar refractivity (Wildman–Crippen MR) is 45.0 cm³/mol. The number of nitrogens with one attached hydrogen (secondary N) is 1. The fourth-order valence-corrected chi connectivity index (χ4v) is 0.630. The summed E-state index contributed by atoms with van der Waals surface area (Å²) in [6.07, 6.45) is 5.08. The zero-order valence-electron chi connectivity index (χ0n) is 6.44. The third kappa shape index (κ3) is 3.51. The molecule has 1 aromatic heterocycles. The molecule has 0 radical (unpaired) electrons. The first-order chi connectivity index (χ1) is 5.89. The minimum absolute atomic E-state index is 0.178. The van der Waals surface area contributed by atoms with Crippen molar-refractivity contribution in [2.75, 3.05) is 0 Å². The first-order valence-corrected chi connectivity index (χ1v) is 3.53. The van der Waals surface area contributed by atoms with Gasteiger partial charge in [-0.3, -0.25) is 0 Å². The van der Waals surface area contributed by atoms with Crippen molar-refractivity contribution in [3.63, 3.8) is 0 Å². The summed E-state index contributed by atoms with van der Waals surface area (Å²) in [4.78, 5) is 6.42. The molecule has 12 heavy (non-hydrogen) atoms. The van der Waals surface area contributed by atoms with Gasteiger partial charge in [0.1, 0.15) is 5.82 Å². The number of aromatic nitrogens is 2. The SMILES string of the molecule is Fc1ccccc1.c1c[nH]cn1. The maximum Gasteiger partial charge on any atom is 0.123 e. The summed E-state index contributed by atoms with van der Waals surface area (Å²) in [5.41, 5.74) is 0. The van der Waals surface area contributed by atoms with Crippen molar-refractivity contribution in [3.8, 4) is 0 Å². The van der Waals surface area contributed by atoms with Gasteiger partial charge >= 0.3 is 0 Å². The molecule has 0 fully saturated rings. The fourth-order valence-electron chi connectivity index (χ4n) is 0.630. The molecule has 0 aliphatic rings. The normalized spacial score (nSPS) is 8.42. The second-order valence-corrected chi connectivity index (χ2v) is 2.06. The molecule has 0 amide bonds. The van der Waals surface area contributed by atoms with Gasteiger partial charge in [0.15, 0.2) is 0 Å². The zero-order chi connectivity index (χ0) is 8.65. The van der Waals surface area contributed by atoms with Gasteiger partial charge in [-0.2, -0.15) is 0 Å². The van der Waals surface area contributed by atoms with Crippen LogP contribution >= 0.6 is 0 Å². The molecule has 3 heteroatoms. The molecule has 0 saturated heterocycles. The number of benzene rings is 1. The monoisotopic (exact) mass is 164 g/mol. The Kier molecular flexibility index (Phi) is 3.57. The average Bonchev–Trinajstić information content (AvgIpc) is 2.62. The van der Waals surface area contributed by atoms with Crippen molar-refractivity contribution in [2.24, 2.45) is 0 Å². The van der Waals surface area contributed by atoms with Crippen molar-refractivity contribution in [2.45, 2.75) is 0 Å². The Bertz CT molecular complexity index is 261. The van der Waals surface area contributed by atoms with Crippen LogP contribution in [0.5, 0.6) is 0 Å². The molecule has 2 rings (SSSR count). The van der Waals surface area contributed by atoms with E-state index in [4.69, 9.17) is 0 Å². The van der Waals surface area contributed by atoms with E-state index in [1.54, 1.807) is 36.9 Å². The van der Waals surface area contributed by atoms with E-state index >= 15 is 0 Å². The minimum Gasteiger partial charge on any atom is -0.351 e. The summed E-state index contributed by atoms with van der Waals surface area (Å²) in [6, 6.07) is 7.94. The van der Waals surface area contributed by atoms with Crippen LogP contribution in [0.4, 0.5) is 4.39 Å². The molecule has 0 atom stereocenters. The van der Waals surface area contributed by atoms with Gasteiger partial charge in [-0.1, -0.05) is 18.2 Å². The molecular weight excluding hydrogens is 155 g/mol. The number of nitrogens with zero attached hydrogens (tertiary/aromatic N) is 1. The van der Waals surface area contributed by atoms with E-state index in [9.17, 15) is 4.39 Å². The third-order valence-electron chi connectivity index (χ3n) is 1.14. The molecule has 1 aromatic carbocycles. The van der Waals surface area contributed by atoms with Crippen LogP contribution in [0.15, 0.2) is 49.1 Å². The van der Waals surface area contributed by atoms with Crippen LogP contribution in [0.25, 0.3) is 0 Å². The lowest BCUT2D eigenvalue weighted by Gasteiger charge is -1.78. The number of hydrogen-bond donors (Lipinski definition) is 1.